The number of likely N-dealkylation sites (N-methyl/N-ethyl adjacent to an activating group) is 1. The maximum Gasteiger partial charge on any atom is 0.411 e. The molecule has 0 unspecified atom stereocenters. The van der Waals surface area contributed by atoms with Gasteiger partial charge in [0.15, 0.2) is 0 Å². The monoisotopic (exact) mass is 364 g/mol. The second-order valence-electron chi connectivity index (χ2n) is 7.35. The second-order valence-corrected chi connectivity index (χ2v) is 7.35. The minimum absolute atomic E-state index is 0.0395. The average Bonchev–Trinajstić information content (AvgIpc) is 2.60. The number of aromatic nitrogens is 1. The lowest BCUT2D eigenvalue weighted by molar-refractivity contribution is 0.0209. The number of rotatable bonds is 3. The van der Waals surface area contributed by atoms with E-state index in [1.807, 2.05) is 20.8 Å². The standard InChI is InChI=1S/C18H28N4O4/c1-18(2,3)26-17(24)21(4)14-7-6-10-22(12-14)15-11-13(8-9-19-15)20-16(23)25-5/h8-9,11,14H,6-7,10,12H2,1-5H3,(H,19,20,23)/t14-/m1/s1. The molecule has 0 bridgehead atoms. The van der Waals surface area contributed by atoms with E-state index in [0.29, 0.717) is 12.2 Å². The summed E-state index contributed by atoms with van der Waals surface area (Å²) in [5, 5.41) is 2.64. The van der Waals surface area contributed by atoms with Crippen molar-refractivity contribution in [2.45, 2.75) is 45.3 Å². The second kappa shape index (κ2) is 8.25. The van der Waals surface area contributed by atoms with Crippen molar-refractivity contribution in [3.63, 3.8) is 0 Å². The summed E-state index contributed by atoms with van der Waals surface area (Å²) >= 11 is 0. The number of methoxy groups -OCH3 is 1. The van der Waals surface area contributed by atoms with E-state index >= 15 is 0 Å². The molecular formula is C18H28N4O4. The maximum atomic E-state index is 12.3. The summed E-state index contributed by atoms with van der Waals surface area (Å²) in [6, 6.07) is 3.54. The number of nitrogens with one attached hydrogen (secondary N) is 1. The SMILES string of the molecule is COC(=O)Nc1ccnc(N2CCC[C@@H](N(C)C(=O)OC(C)(C)C)C2)c1. The summed E-state index contributed by atoms with van der Waals surface area (Å²) in [6.07, 6.45) is 2.64. The number of pyridine rings is 1. The molecule has 1 aromatic heterocycles. The van der Waals surface area contributed by atoms with Crippen molar-refractivity contribution >= 4 is 23.7 Å². The Hall–Kier alpha value is -2.51. The quantitative estimate of drug-likeness (QED) is 0.887. The Morgan fingerprint density at radius 2 is 2.12 bits per heavy atom. The van der Waals surface area contributed by atoms with Crippen molar-refractivity contribution in [3.05, 3.63) is 18.3 Å². The molecule has 26 heavy (non-hydrogen) atoms. The number of nitrogens with zero attached hydrogens (tertiary/aromatic N) is 3. The Balaban J connectivity index is 2.05. The molecule has 144 valence electrons. The fourth-order valence-electron chi connectivity index (χ4n) is 2.80. The van der Waals surface area contributed by atoms with E-state index in [1.165, 1.54) is 7.11 Å². The molecule has 1 aromatic rings. The van der Waals surface area contributed by atoms with Crippen molar-refractivity contribution in [1.29, 1.82) is 0 Å². The van der Waals surface area contributed by atoms with E-state index in [0.717, 1.165) is 25.2 Å². The maximum absolute atomic E-state index is 12.3. The number of amides is 2. The largest absolute Gasteiger partial charge is 0.453 e. The number of piperidine rings is 1. The summed E-state index contributed by atoms with van der Waals surface area (Å²) in [5.41, 5.74) is 0.0965. The Bertz CT molecular complexity index is 644. The Morgan fingerprint density at radius 3 is 2.77 bits per heavy atom. The van der Waals surface area contributed by atoms with Crippen molar-refractivity contribution in [1.82, 2.24) is 9.88 Å². The number of carbonyl (C=O) groups excluding carboxylic acids is 2. The van der Waals surface area contributed by atoms with Crippen LogP contribution in [0.4, 0.5) is 21.1 Å². The lowest BCUT2D eigenvalue weighted by Gasteiger charge is -2.38. The first-order valence-electron chi connectivity index (χ1n) is 8.71. The number of hydrogen-bond acceptors (Lipinski definition) is 6. The summed E-state index contributed by atoms with van der Waals surface area (Å²) in [4.78, 5) is 31.9. The van der Waals surface area contributed by atoms with Crippen molar-refractivity contribution in [2.75, 3.05) is 37.5 Å². The average molecular weight is 364 g/mol. The summed E-state index contributed by atoms with van der Waals surface area (Å²) in [6.45, 7) is 7.07. The highest BCUT2D eigenvalue weighted by Gasteiger charge is 2.29. The minimum Gasteiger partial charge on any atom is -0.453 e. The van der Waals surface area contributed by atoms with Crippen LogP contribution in [0.3, 0.4) is 0 Å². The van der Waals surface area contributed by atoms with Gasteiger partial charge in [-0.3, -0.25) is 5.32 Å². The van der Waals surface area contributed by atoms with Gasteiger partial charge in [0.2, 0.25) is 0 Å². The fourth-order valence-corrected chi connectivity index (χ4v) is 2.80. The molecule has 2 rings (SSSR count). The van der Waals surface area contributed by atoms with Gasteiger partial charge in [0.1, 0.15) is 11.4 Å². The van der Waals surface area contributed by atoms with E-state index in [1.54, 1.807) is 30.3 Å². The highest BCUT2D eigenvalue weighted by atomic mass is 16.6. The third-order valence-corrected chi connectivity index (χ3v) is 4.13. The van der Waals surface area contributed by atoms with Gasteiger partial charge >= 0.3 is 12.2 Å². The highest BCUT2D eigenvalue weighted by molar-refractivity contribution is 5.84. The molecular weight excluding hydrogens is 336 g/mol. The first kappa shape index (κ1) is 19.8. The fraction of sp³-hybridized carbons (Fsp3) is 0.611. The first-order chi connectivity index (χ1) is 12.2. The van der Waals surface area contributed by atoms with Crippen LogP contribution < -0.4 is 10.2 Å². The van der Waals surface area contributed by atoms with Gasteiger partial charge in [-0.05, 0) is 39.7 Å². The van der Waals surface area contributed by atoms with Crippen LogP contribution in [0.1, 0.15) is 33.6 Å². The van der Waals surface area contributed by atoms with Crippen LogP contribution in [0.5, 0.6) is 0 Å². The molecule has 1 N–H and O–H groups in total. The molecule has 1 saturated heterocycles. The smallest absolute Gasteiger partial charge is 0.411 e. The van der Waals surface area contributed by atoms with E-state index < -0.39 is 11.7 Å². The molecule has 1 atom stereocenters. The van der Waals surface area contributed by atoms with Gasteiger partial charge in [-0.2, -0.15) is 0 Å². The van der Waals surface area contributed by atoms with Crippen LogP contribution in [0.2, 0.25) is 0 Å². The predicted octanol–water partition coefficient (Wildman–Crippen LogP) is 3.10. The van der Waals surface area contributed by atoms with Crippen LogP contribution in [-0.2, 0) is 9.47 Å². The minimum atomic E-state index is -0.525. The highest BCUT2D eigenvalue weighted by Crippen LogP contribution is 2.23. The first-order valence-corrected chi connectivity index (χ1v) is 8.71. The van der Waals surface area contributed by atoms with Gasteiger partial charge < -0.3 is 19.3 Å². The van der Waals surface area contributed by atoms with E-state index in [4.69, 9.17) is 4.74 Å². The van der Waals surface area contributed by atoms with Crippen LogP contribution in [-0.4, -0.2) is 61.0 Å². The molecule has 8 heteroatoms. The Labute approximate surface area is 154 Å². The van der Waals surface area contributed by atoms with Crippen LogP contribution >= 0.6 is 0 Å². The van der Waals surface area contributed by atoms with Gasteiger partial charge in [-0.25, -0.2) is 14.6 Å². The molecule has 0 aliphatic carbocycles. The molecule has 0 radical (unpaired) electrons. The molecule has 0 spiro atoms. The van der Waals surface area contributed by atoms with Gasteiger partial charge in [0.25, 0.3) is 0 Å². The molecule has 0 saturated carbocycles. The summed E-state index contributed by atoms with van der Waals surface area (Å²) < 4.78 is 10.1. The van der Waals surface area contributed by atoms with Crippen LogP contribution in [0, 0.1) is 0 Å². The lowest BCUT2D eigenvalue weighted by atomic mass is 10.0. The Kier molecular flexibility index (Phi) is 6.28. The van der Waals surface area contributed by atoms with Crippen LogP contribution in [0.15, 0.2) is 18.3 Å². The van der Waals surface area contributed by atoms with Gasteiger partial charge in [0, 0.05) is 38.1 Å². The third kappa shape index (κ3) is 5.50. The van der Waals surface area contributed by atoms with Gasteiger partial charge in [0.05, 0.1) is 13.2 Å². The van der Waals surface area contributed by atoms with Gasteiger partial charge in [-0.1, -0.05) is 0 Å². The zero-order valence-electron chi connectivity index (χ0n) is 16.1. The number of carbonyl (C=O) groups is 2. The summed E-state index contributed by atoms with van der Waals surface area (Å²) in [7, 11) is 3.09. The van der Waals surface area contributed by atoms with Crippen molar-refractivity contribution < 1.29 is 19.1 Å². The van der Waals surface area contributed by atoms with Crippen LogP contribution in [0.25, 0.3) is 0 Å². The normalized spacial score (nSPS) is 17.4. The number of hydrogen-bond donors (Lipinski definition) is 1. The molecule has 1 aliphatic heterocycles. The zero-order chi connectivity index (χ0) is 19.3. The summed E-state index contributed by atoms with van der Waals surface area (Å²) in [5.74, 6) is 0.751. The van der Waals surface area contributed by atoms with E-state index in [2.05, 4.69) is 19.9 Å². The molecule has 1 fully saturated rings. The molecule has 2 amide bonds. The van der Waals surface area contributed by atoms with E-state index in [-0.39, 0.29) is 12.1 Å². The topological polar surface area (TPSA) is 84.0 Å². The third-order valence-electron chi connectivity index (χ3n) is 4.13. The Morgan fingerprint density at radius 1 is 1.38 bits per heavy atom. The lowest BCUT2D eigenvalue weighted by Crippen LogP contribution is -2.50. The number of ether oxygens (including phenoxy) is 2. The molecule has 2 heterocycles. The molecule has 8 nitrogen and oxygen atoms in total. The van der Waals surface area contributed by atoms with Gasteiger partial charge in [-0.15, -0.1) is 0 Å². The van der Waals surface area contributed by atoms with Crippen molar-refractivity contribution in [3.8, 4) is 0 Å². The molecule has 0 aromatic carbocycles. The van der Waals surface area contributed by atoms with E-state index in [9.17, 15) is 9.59 Å². The number of anilines is 2. The zero-order valence-corrected chi connectivity index (χ0v) is 16.1. The molecule has 1 aliphatic rings. The predicted molar refractivity (Wildman–Crippen MR) is 99.5 cm³/mol. The van der Waals surface area contributed by atoms with Crippen molar-refractivity contribution in [2.24, 2.45) is 0 Å².